The van der Waals surface area contributed by atoms with E-state index in [0.717, 1.165) is 43.6 Å². The maximum Gasteiger partial charge on any atom is 0.490 e. The van der Waals surface area contributed by atoms with Crippen molar-refractivity contribution in [3.63, 3.8) is 0 Å². The number of carboxylic acids is 1. The van der Waals surface area contributed by atoms with Gasteiger partial charge in [-0.15, -0.1) is 0 Å². The number of rotatable bonds is 4. The van der Waals surface area contributed by atoms with Crippen molar-refractivity contribution >= 4 is 11.9 Å². The molecule has 178 valence electrons. The second-order valence-electron chi connectivity index (χ2n) is 7.91. The molecule has 1 unspecified atom stereocenters. The van der Waals surface area contributed by atoms with E-state index in [9.17, 15) is 18.0 Å². The number of amides is 1. The Bertz CT molecular complexity index is 917. The lowest BCUT2D eigenvalue weighted by atomic mass is 9.87. The summed E-state index contributed by atoms with van der Waals surface area (Å²) in [6, 6.07) is 15.3. The van der Waals surface area contributed by atoms with Crippen molar-refractivity contribution in [1.82, 2.24) is 9.88 Å². The summed E-state index contributed by atoms with van der Waals surface area (Å²) in [7, 11) is 0. The average Bonchev–Trinajstić information content (AvgIpc) is 3.21. The van der Waals surface area contributed by atoms with E-state index in [-0.39, 0.29) is 17.6 Å². The molecule has 0 saturated carbocycles. The molecule has 10 heteroatoms. The molecular weight excluding hydrogens is 441 g/mol. The number of halogens is 3. The van der Waals surface area contributed by atoms with E-state index in [2.05, 4.69) is 4.98 Å². The fourth-order valence-electron chi connectivity index (χ4n) is 3.83. The highest BCUT2D eigenvalue weighted by Gasteiger charge is 2.44. The number of aromatic nitrogens is 1. The van der Waals surface area contributed by atoms with Crippen LogP contribution >= 0.6 is 0 Å². The van der Waals surface area contributed by atoms with Gasteiger partial charge in [0.05, 0.1) is 30.6 Å². The van der Waals surface area contributed by atoms with Crippen LogP contribution in [0, 0.1) is 0 Å². The number of nitrogens with zero attached hydrogens (tertiary/aromatic N) is 2. The lowest BCUT2D eigenvalue weighted by Gasteiger charge is -2.38. The van der Waals surface area contributed by atoms with Gasteiger partial charge in [-0.05, 0) is 37.1 Å². The number of alkyl halides is 3. The van der Waals surface area contributed by atoms with Gasteiger partial charge in [0, 0.05) is 31.3 Å². The normalized spacial score (nSPS) is 19.6. The largest absolute Gasteiger partial charge is 0.490 e. The average molecular weight is 466 g/mol. The molecule has 4 rings (SSSR count). The Hall–Kier alpha value is -2.98. The van der Waals surface area contributed by atoms with Gasteiger partial charge in [0.1, 0.15) is 0 Å². The summed E-state index contributed by atoms with van der Waals surface area (Å²) in [5.41, 5.74) is 1.56. The molecular formula is C23H25F3N2O5. The molecule has 0 radical (unpaired) electrons. The first-order chi connectivity index (χ1) is 15.7. The number of pyridine rings is 1. The van der Waals surface area contributed by atoms with Crippen molar-refractivity contribution in [1.29, 1.82) is 0 Å². The van der Waals surface area contributed by atoms with Crippen molar-refractivity contribution < 1.29 is 37.3 Å². The van der Waals surface area contributed by atoms with E-state index in [1.807, 2.05) is 53.4 Å². The summed E-state index contributed by atoms with van der Waals surface area (Å²) in [5, 5.41) is 7.12. The highest BCUT2D eigenvalue weighted by Crippen LogP contribution is 2.37. The quantitative estimate of drug-likeness (QED) is 0.739. The molecule has 0 bridgehead atoms. The molecule has 1 amide bonds. The summed E-state index contributed by atoms with van der Waals surface area (Å²) in [4.78, 5) is 27.7. The fourth-order valence-corrected chi connectivity index (χ4v) is 3.83. The standard InChI is InChI=1S/C21H24N2O3.C2HF3O2/c24-20(17-6-2-1-3-7-17)23-12-9-21(10-13-23)14-19(16-26-21)25-15-18-8-4-5-11-22-18;3-2(4,5)1(6)7/h1-8,11,19H,9-10,12-16H2;(H,6,7). The molecule has 1 atom stereocenters. The Kier molecular flexibility index (Phi) is 8.04. The zero-order chi connectivity index (χ0) is 23.9. The van der Waals surface area contributed by atoms with Gasteiger partial charge in [0.2, 0.25) is 0 Å². The third-order valence-electron chi connectivity index (χ3n) is 5.59. The maximum absolute atomic E-state index is 12.6. The Morgan fingerprint density at radius 3 is 2.33 bits per heavy atom. The summed E-state index contributed by atoms with van der Waals surface area (Å²) in [5.74, 6) is -2.64. The predicted octanol–water partition coefficient (Wildman–Crippen LogP) is 3.70. The Balaban J connectivity index is 0.000000383. The molecule has 2 aromatic rings. The summed E-state index contributed by atoms with van der Waals surface area (Å²) >= 11 is 0. The van der Waals surface area contributed by atoms with Crippen LogP contribution in [0.15, 0.2) is 54.7 Å². The molecule has 3 heterocycles. The van der Waals surface area contributed by atoms with E-state index in [1.54, 1.807) is 6.20 Å². The zero-order valence-electron chi connectivity index (χ0n) is 17.8. The Morgan fingerprint density at radius 1 is 1.12 bits per heavy atom. The molecule has 33 heavy (non-hydrogen) atoms. The topological polar surface area (TPSA) is 89.0 Å². The molecule has 1 aromatic carbocycles. The van der Waals surface area contributed by atoms with Crippen LogP contribution < -0.4 is 0 Å². The van der Waals surface area contributed by atoms with Crippen molar-refractivity contribution in [2.45, 2.75) is 43.8 Å². The number of carbonyl (C=O) groups is 2. The third kappa shape index (κ3) is 7.00. The monoisotopic (exact) mass is 466 g/mol. The van der Waals surface area contributed by atoms with Gasteiger partial charge in [-0.1, -0.05) is 24.3 Å². The summed E-state index contributed by atoms with van der Waals surface area (Å²) in [6.07, 6.45) is -0.560. The predicted molar refractivity (Wildman–Crippen MR) is 111 cm³/mol. The molecule has 2 aliphatic rings. The van der Waals surface area contributed by atoms with Crippen molar-refractivity contribution in [2.75, 3.05) is 19.7 Å². The highest BCUT2D eigenvalue weighted by atomic mass is 19.4. The van der Waals surface area contributed by atoms with Crippen molar-refractivity contribution in [2.24, 2.45) is 0 Å². The lowest BCUT2D eigenvalue weighted by molar-refractivity contribution is -0.192. The highest BCUT2D eigenvalue weighted by molar-refractivity contribution is 5.94. The Morgan fingerprint density at radius 2 is 1.76 bits per heavy atom. The van der Waals surface area contributed by atoms with Gasteiger partial charge >= 0.3 is 12.1 Å². The minimum Gasteiger partial charge on any atom is -0.475 e. The van der Waals surface area contributed by atoms with Crippen LogP contribution in [0.5, 0.6) is 0 Å². The molecule has 1 spiro atoms. The smallest absolute Gasteiger partial charge is 0.475 e. The van der Waals surface area contributed by atoms with Gasteiger partial charge < -0.3 is 19.5 Å². The minimum atomic E-state index is -5.08. The minimum absolute atomic E-state index is 0.105. The third-order valence-corrected chi connectivity index (χ3v) is 5.59. The van der Waals surface area contributed by atoms with Crippen LogP contribution in [-0.4, -0.2) is 64.4 Å². The number of carboxylic acid groups (broad SMARTS) is 1. The SMILES string of the molecule is O=C(O)C(F)(F)F.O=C(c1ccccc1)N1CCC2(CC1)CC(OCc1ccccn1)CO2. The number of carbonyl (C=O) groups excluding carboxylic acids is 1. The molecule has 1 N–H and O–H groups in total. The molecule has 2 saturated heterocycles. The number of benzene rings is 1. The molecule has 2 aliphatic heterocycles. The first-order valence-corrected chi connectivity index (χ1v) is 10.5. The van der Waals surface area contributed by atoms with Gasteiger partial charge in [0.15, 0.2) is 0 Å². The lowest BCUT2D eigenvalue weighted by Crippen LogP contribution is -2.46. The van der Waals surface area contributed by atoms with E-state index in [0.29, 0.717) is 13.2 Å². The van der Waals surface area contributed by atoms with Crippen LogP contribution in [0.25, 0.3) is 0 Å². The second kappa shape index (κ2) is 10.8. The van der Waals surface area contributed by atoms with E-state index >= 15 is 0 Å². The van der Waals surface area contributed by atoms with Gasteiger partial charge in [0.25, 0.3) is 5.91 Å². The number of hydrogen-bond donors (Lipinski definition) is 1. The molecule has 2 fully saturated rings. The van der Waals surface area contributed by atoms with Gasteiger partial charge in [-0.2, -0.15) is 13.2 Å². The first kappa shape index (κ1) is 24.7. The van der Waals surface area contributed by atoms with Crippen molar-refractivity contribution in [3.05, 3.63) is 66.0 Å². The van der Waals surface area contributed by atoms with E-state index in [4.69, 9.17) is 19.4 Å². The van der Waals surface area contributed by atoms with Crippen LogP contribution in [0.3, 0.4) is 0 Å². The van der Waals surface area contributed by atoms with Crippen LogP contribution in [0.4, 0.5) is 13.2 Å². The van der Waals surface area contributed by atoms with E-state index < -0.39 is 12.1 Å². The summed E-state index contributed by atoms with van der Waals surface area (Å²) < 4.78 is 43.9. The van der Waals surface area contributed by atoms with Crippen LogP contribution in [-0.2, 0) is 20.9 Å². The number of aliphatic carboxylic acids is 1. The van der Waals surface area contributed by atoms with Gasteiger partial charge in [-0.25, -0.2) is 4.79 Å². The molecule has 7 nitrogen and oxygen atoms in total. The number of ether oxygens (including phenoxy) is 2. The zero-order valence-corrected chi connectivity index (χ0v) is 17.8. The van der Waals surface area contributed by atoms with Gasteiger partial charge in [-0.3, -0.25) is 9.78 Å². The molecule has 1 aromatic heterocycles. The number of piperidine rings is 1. The maximum atomic E-state index is 12.6. The molecule has 0 aliphatic carbocycles. The summed E-state index contributed by atoms with van der Waals surface area (Å²) in [6.45, 7) is 2.62. The van der Waals surface area contributed by atoms with E-state index in [1.165, 1.54) is 0 Å². The first-order valence-electron chi connectivity index (χ1n) is 10.5. The van der Waals surface area contributed by atoms with Crippen LogP contribution in [0.2, 0.25) is 0 Å². The number of hydrogen-bond acceptors (Lipinski definition) is 5. The second-order valence-corrected chi connectivity index (χ2v) is 7.91. The van der Waals surface area contributed by atoms with Crippen LogP contribution in [0.1, 0.15) is 35.3 Å². The fraction of sp³-hybridized carbons (Fsp3) is 0.435. The number of likely N-dealkylation sites (tertiary alicyclic amines) is 1. The Labute approximate surface area is 189 Å². The van der Waals surface area contributed by atoms with Crippen molar-refractivity contribution in [3.8, 4) is 0 Å².